The Bertz CT molecular complexity index is 587. The van der Waals surface area contributed by atoms with Crippen LogP contribution in [-0.4, -0.2) is 12.1 Å². The summed E-state index contributed by atoms with van der Waals surface area (Å²) in [4.78, 5) is 4.36. The minimum atomic E-state index is 0.402. The van der Waals surface area contributed by atoms with Crippen LogP contribution in [0, 0.1) is 6.92 Å². The molecule has 0 amide bonds. The molecule has 2 rings (SSSR count). The van der Waals surface area contributed by atoms with E-state index in [0.717, 1.165) is 22.6 Å². The van der Waals surface area contributed by atoms with E-state index < -0.39 is 0 Å². The summed E-state index contributed by atoms with van der Waals surface area (Å²) in [5.74, 6) is 1.27. The van der Waals surface area contributed by atoms with Gasteiger partial charge in [0.15, 0.2) is 0 Å². The van der Waals surface area contributed by atoms with Crippen molar-refractivity contribution in [3.8, 4) is 5.88 Å². The van der Waals surface area contributed by atoms with E-state index in [1.165, 1.54) is 0 Å². The Kier molecular flexibility index (Phi) is 4.24. The SMILES string of the molecule is COc1ccc(C)c(Nc2cccc(CN)c2Cl)n1. The van der Waals surface area contributed by atoms with Gasteiger partial charge in [-0.3, -0.25) is 0 Å². The third-order valence-electron chi connectivity index (χ3n) is 2.83. The molecule has 0 fully saturated rings. The summed E-state index contributed by atoms with van der Waals surface area (Å²) in [6, 6.07) is 9.46. The molecule has 0 bridgehead atoms. The van der Waals surface area contributed by atoms with Crippen molar-refractivity contribution in [1.29, 1.82) is 0 Å². The van der Waals surface area contributed by atoms with Gasteiger partial charge >= 0.3 is 0 Å². The number of benzene rings is 1. The molecule has 0 aliphatic carbocycles. The normalized spacial score (nSPS) is 10.3. The number of aryl methyl sites for hydroxylation is 1. The van der Waals surface area contributed by atoms with Crippen LogP contribution in [0.3, 0.4) is 0 Å². The lowest BCUT2D eigenvalue weighted by atomic mass is 10.2. The molecule has 5 heteroatoms. The first-order valence-corrected chi connectivity index (χ1v) is 6.29. The number of rotatable bonds is 4. The molecule has 0 saturated heterocycles. The van der Waals surface area contributed by atoms with E-state index >= 15 is 0 Å². The molecule has 0 aliphatic heterocycles. The highest BCUT2D eigenvalue weighted by molar-refractivity contribution is 6.34. The molecular weight excluding hydrogens is 262 g/mol. The lowest BCUT2D eigenvalue weighted by Crippen LogP contribution is -2.02. The molecule has 100 valence electrons. The predicted octanol–water partition coefficient (Wildman–Crippen LogP) is 3.25. The third kappa shape index (κ3) is 2.97. The molecule has 0 saturated carbocycles. The Morgan fingerprint density at radius 1 is 1.32 bits per heavy atom. The van der Waals surface area contributed by atoms with E-state index in [9.17, 15) is 0 Å². The number of nitrogens with one attached hydrogen (secondary N) is 1. The van der Waals surface area contributed by atoms with Crippen LogP contribution in [0.15, 0.2) is 30.3 Å². The van der Waals surface area contributed by atoms with Gasteiger partial charge in [-0.1, -0.05) is 29.8 Å². The zero-order valence-electron chi connectivity index (χ0n) is 10.9. The largest absolute Gasteiger partial charge is 0.481 e. The minimum Gasteiger partial charge on any atom is -0.481 e. The fourth-order valence-corrected chi connectivity index (χ4v) is 1.96. The molecule has 1 heterocycles. The minimum absolute atomic E-state index is 0.402. The van der Waals surface area contributed by atoms with Crippen molar-refractivity contribution in [2.45, 2.75) is 13.5 Å². The maximum absolute atomic E-state index is 6.28. The summed E-state index contributed by atoms with van der Waals surface area (Å²) in [6.45, 7) is 2.37. The van der Waals surface area contributed by atoms with Gasteiger partial charge in [-0.15, -0.1) is 0 Å². The van der Waals surface area contributed by atoms with Crippen molar-refractivity contribution in [3.63, 3.8) is 0 Å². The highest BCUT2D eigenvalue weighted by atomic mass is 35.5. The summed E-state index contributed by atoms with van der Waals surface area (Å²) in [5, 5.41) is 3.83. The number of halogens is 1. The lowest BCUT2D eigenvalue weighted by Gasteiger charge is -2.13. The number of ether oxygens (including phenoxy) is 1. The first kappa shape index (κ1) is 13.6. The van der Waals surface area contributed by atoms with E-state index in [1.54, 1.807) is 7.11 Å². The van der Waals surface area contributed by atoms with E-state index in [0.29, 0.717) is 17.4 Å². The van der Waals surface area contributed by atoms with Crippen molar-refractivity contribution in [3.05, 3.63) is 46.5 Å². The van der Waals surface area contributed by atoms with Gasteiger partial charge in [0.25, 0.3) is 0 Å². The Morgan fingerprint density at radius 3 is 2.79 bits per heavy atom. The van der Waals surface area contributed by atoms with Crippen LogP contribution >= 0.6 is 11.6 Å². The van der Waals surface area contributed by atoms with Crippen LogP contribution in [0.1, 0.15) is 11.1 Å². The van der Waals surface area contributed by atoms with Gasteiger partial charge in [0.1, 0.15) is 5.82 Å². The number of pyridine rings is 1. The summed E-state index contributed by atoms with van der Waals surface area (Å²) in [7, 11) is 1.59. The fourth-order valence-electron chi connectivity index (χ4n) is 1.71. The van der Waals surface area contributed by atoms with E-state index in [4.69, 9.17) is 22.1 Å². The standard InChI is InChI=1S/C14H16ClN3O/c1-9-6-7-12(19-2)18-14(9)17-11-5-3-4-10(8-16)13(11)15/h3-7H,8,16H2,1-2H3,(H,17,18). The summed E-state index contributed by atoms with van der Waals surface area (Å²) in [6.07, 6.45) is 0. The van der Waals surface area contributed by atoms with Crippen LogP contribution in [0.25, 0.3) is 0 Å². The molecule has 0 unspecified atom stereocenters. The van der Waals surface area contributed by atoms with Gasteiger partial charge in [0.05, 0.1) is 17.8 Å². The summed E-state index contributed by atoms with van der Waals surface area (Å²) in [5.41, 5.74) is 8.33. The molecule has 2 aromatic rings. The van der Waals surface area contributed by atoms with Crippen molar-refractivity contribution in [1.82, 2.24) is 4.98 Å². The Balaban J connectivity index is 2.36. The number of methoxy groups -OCH3 is 1. The molecule has 0 spiro atoms. The maximum Gasteiger partial charge on any atom is 0.214 e. The summed E-state index contributed by atoms with van der Waals surface area (Å²) < 4.78 is 5.12. The Hall–Kier alpha value is -1.78. The highest BCUT2D eigenvalue weighted by Gasteiger charge is 2.08. The monoisotopic (exact) mass is 277 g/mol. The van der Waals surface area contributed by atoms with Gasteiger partial charge in [-0.05, 0) is 24.1 Å². The second-order valence-electron chi connectivity index (χ2n) is 4.13. The fraction of sp³-hybridized carbons (Fsp3) is 0.214. The highest BCUT2D eigenvalue weighted by Crippen LogP contribution is 2.29. The number of nitrogens with two attached hydrogens (primary N) is 1. The molecule has 4 nitrogen and oxygen atoms in total. The number of aromatic nitrogens is 1. The van der Waals surface area contributed by atoms with E-state index in [1.807, 2.05) is 37.3 Å². The molecular formula is C14H16ClN3O. The van der Waals surface area contributed by atoms with Crippen molar-refractivity contribution >= 4 is 23.1 Å². The van der Waals surface area contributed by atoms with Crippen molar-refractivity contribution in [2.24, 2.45) is 5.73 Å². The summed E-state index contributed by atoms with van der Waals surface area (Å²) >= 11 is 6.28. The molecule has 19 heavy (non-hydrogen) atoms. The predicted molar refractivity (Wildman–Crippen MR) is 78.2 cm³/mol. The van der Waals surface area contributed by atoms with E-state index in [2.05, 4.69) is 10.3 Å². The van der Waals surface area contributed by atoms with Gasteiger partial charge in [-0.25, -0.2) is 0 Å². The maximum atomic E-state index is 6.28. The third-order valence-corrected chi connectivity index (χ3v) is 3.28. The topological polar surface area (TPSA) is 60.2 Å². The smallest absolute Gasteiger partial charge is 0.214 e. The Morgan fingerprint density at radius 2 is 2.11 bits per heavy atom. The van der Waals surface area contributed by atoms with E-state index in [-0.39, 0.29) is 0 Å². The molecule has 1 aromatic carbocycles. The van der Waals surface area contributed by atoms with Crippen LogP contribution < -0.4 is 15.8 Å². The molecule has 1 aromatic heterocycles. The Labute approximate surface area is 117 Å². The molecule has 0 radical (unpaired) electrons. The van der Waals surface area contributed by atoms with Crippen LogP contribution in [-0.2, 0) is 6.54 Å². The zero-order chi connectivity index (χ0) is 13.8. The number of anilines is 2. The van der Waals surface area contributed by atoms with Crippen LogP contribution in [0.5, 0.6) is 5.88 Å². The van der Waals surface area contributed by atoms with Crippen LogP contribution in [0.2, 0.25) is 5.02 Å². The number of hydrogen-bond acceptors (Lipinski definition) is 4. The molecule has 3 N–H and O–H groups in total. The average molecular weight is 278 g/mol. The second-order valence-corrected chi connectivity index (χ2v) is 4.50. The van der Waals surface area contributed by atoms with Gasteiger partial charge < -0.3 is 15.8 Å². The molecule has 0 atom stereocenters. The zero-order valence-corrected chi connectivity index (χ0v) is 11.7. The van der Waals surface area contributed by atoms with Gasteiger partial charge in [0.2, 0.25) is 5.88 Å². The first-order chi connectivity index (χ1) is 9.15. The lowest BCUT2D eigenvalue weighted by molar-refractivity contribution is 0.398. The number of hydrogen-bond donors (Lipinski definition) is 2. The average Bonchev–Trinajstić information content (AvgIpc) is 2.43. The van der Waals surface area contributed by atoms with Crippen molar-refractivity contribution < 1.29 is 4.74 Å². The van der Waals surface area contributed by atoms with Gasteiger partial charge in [-0.2, -0.15) is 4.98 Å². The first-order valence-electron chi connectivity index (χ1n) is 5.92. The second kappa shape index (κ2) is 5.91. The van der Waals surface area contributed by atoms with Gasteiger partial charge in [0, 0.05) is 12.6 Å². The quantitative estimate of drug-likeness (QED) is 0.901. The van der Waals surface area contributed by atoms with Crippen LogP contribution in [0.4, 0.5) is 11.5 Å². The number of nitrogens with zero attached hydrogens (tertiary/aromatic N) is 1. The molecule has 0 aliphatic rings. The van der Waals surface area contributed by atoms with Crippen molar-refractivity contribution in [2.75, 3.05) is 12.4 Å².